The van der Waals surface area contributed by atoms with E-state index in [0.717, 1.165) is 0 Å². The lowest BCUT2D eigenvalue weighted by atomic mass is 10.7. The molecule has 0 N–H and O–H groups in total. The Labute approximate surface area is 61.6 Å². The van der Waals surface area contributed by atoms with Crippen LogP contribution in [0, 0.1) is 0 Å². The smallest absolute Gasteiger partial charge is 0.344 e. The quantitative estimate of drug-likeness (QED) is 0.506. The van der Waals surface area contributed by atoms with E-state index in [-0.39, 0.29) is 0 Å². The van der Waals surface area contributed by atoms with Crippen molar-refractivity contribution >= 4 is 42.3 Å². The molecule has 0 rings (SSSR count). The molecule has 8 heavy (non-hydrogen) atoms. The molecule has 0 bridgehead atoms. The summed E-state index contributed by atoms with van der Waals surface area (Å²) in [5.41, 5.74) is -1.12. The van der Waals surface area contributed by atoms with Crippen LogP contribution in [0.15, 0.2) is 0 Å². The van der Waals surface area contributed by atoms with Crippen molar-refractivity contribution in [2.45, 2.75) is 5.44 Å². The second kappa shape index (κ2) is 4.26. The molecule has 0 aliphatic heterocycles. The van der Waals surface area contributed by atoms with Crippen LogP contribution in [0.4, 0.5) is 0 Å². The van der Waals surface area contributed by atoms with Crippen molar-refractivity contribution in [2.24, 2.45) is 0 Å². The summed E-state index contributed by atoms with van der Waals surface area (Å²) in [6.45, 7) is 0. The number of halogens is 2. The first-order valence-electron chi connectivity index (χ1n) is 1.50. The topological polar surface area (TPSA) is 35.5 Å². The zero-order valence-electron chi connectivity index (χ0n) is 3.51. The van der Waals surface area contributed by atoms with E-state index in [9.17, 15) is 4.79 Å². The predicted molar refractivity (Wildman–Crippen MR) is 31.7 cm³/mol. The van der Waals surface area contributed by atoms with E-state index in [1.807, 2.05) is 0 Å². The number of hydrogen-bond acceptors (Lipinski definition) is 4. The van der Waals surface area contributed by atoms with Crippen LogP contribution in [-0.4, -0.2) is 11.4 Å². The Morgan fingerprint density at radius 2 is 2.12 bits per heavy atom. The van der Waals surface area contributed by atoms with Crippen LogP contribution in [0.5, 0.6) is 0 Å². The molecule has 0 saturated carbocycles. The van der Waals surface area contributed by atoms with Gasteiger partial charge in [0.05, 0.1) is 11.9 Å². The maximum Gasteiger partial charge on any atom is 0.365 e. The maximum atomic E-state index is 10.1. The number of carbonyl (C=O) groups is 1. The molecule has 0 amide bonds. The third-order valence-electron chi connectivity index (χ3n) is 0.362. The van der Waals surface area contributed by atoms with Crippen molar-refractivity contribution in [3.63, 3.8) is 0 Å². The van der Waals surface area contributed by atoms with Gasteiger partial charge in [0.25, 0.3) is 0 Å². The second-order valence-electron chi connectivity index (χ2n) is 0.838. The number of thiol groups is 1. The molecule has 48 valence electrons. The van der Waals surface area contributed by atoms with Gasteiger partial charge in [0, 0.05) is 0 Å². The molecule has 0 aromatic carbocycles. The molecule has 1 atom stereocenters. The van der Waals surface area contributed by atoms with Crippen molar-refractivity contribution in [3.8, 4) is 0 Å². The summed E-state index contributed by atoms with van der Waals surface area (Å²) in [5.74, 6) is -0.843. The van der Waals surface area contributed by atoms with Gasteiger partial charge >= 0.3 is 5.97 Å². The van der Waals surface area contributed by atoms with E-state index in [0.29, 0.717) is 0 Å². The van der Waals surface area contributed by atoms with E-state index < -0.39 is 11.4 Å². The molecular weight excluding hydrogens is 175 g/mol. The lowest BCUT2D eigenvalue weighted by Crippen LogP contribution is -2.13. The Bertz CT molecular complexity index is 87.4. The van der Waals surface area contributed by atoms with Crippen molar-refractivity contribution in [3.05, 3.63) is 0 Å². The monoisotopic (exact) mass is 176 g/mol. The second-order valence-corrected chi connectivity index (χ2v) is 1.64. The summed E-state index contributed by atoms with van der Waals surface area (Å²) in [6, 6.07) is 0. The summed E-state index contributed by atoms with van der Waals surface area (Å²) < 4.78 is 7.53. The lowest BCUT2D eigenvalue weighted by Gasteiger charge is -1.97. The Morgan fingerprint density at radius 3 is 2.25 bits per heavy atom. The predicted octanol–water partition coefficient (Wildman–Crippen LogP) is 1.11. The third-order valence-corrected chi connectivity index (χ3v) is 1.13. The van der Waals surface area contributed by atoms with E-state index in [1.165, 1.54) is 0 Å². The molecule has 3 nitrogen and oxygen atoms in total. The largest absolute Gasteiger partial charge is 0.365 e. The van der Waals surface area contributed by atoms with Gasteiger partial charge in [-0.05, 0) is 0 Å². The van der Waals surface area contributed by atoms with E-state index in [4.69, 9.17) is 0 Å². The van der Waals surface area contributed by atoms with E-state index in [1.54, 1.807) is 0 Å². The fourth-order valence-electron chi connectivity index (χ4n) is 0.0745. The minimum Gasteiger partial charge on any atom is -0.344 e. The molecule has 0 aliphatic carbocycles. The van der Waals surface area contributed by atoms with Gasteiger partial charge in [-0.2, -0.15) is 0 Å². The number of rotatable bonds is 2. The fourth-order valence-corrected chi connectivity index (χ4v) is 0.343. The average Bonchev–Trinajstić information content (AvgIpc) is 1.84. The molecule has 0 spiro atoms. The molecule has 1 unspecified atom stereocenters. The molecule has 0 fully saturated rings. The minimum atomic E-state index is -1.12. The first-order valence-corrected chi connectivity index (χ1v) is 2.63. The molecule has 6 heteroatoms. The van der Waals surface area contributed by atoms with E-state index in [2.05, 4.69) is 44.9 Å². The van der Waals surface area contributed by atoms with Gasteiger partial charge in [0.2, 0.25) is 5.44 Å². The average molecular weight is 177 g/mol. The molecular formula is C2H2Cl2O3S. The first-order chi connectivity index (χ1) is 3.72. The van der Waals surface area contributed by atoms with Gasteiger partial charge in [0.1, 0.15) is 11.9 Å². The van der Waals surface area contributed by atoms with Crippen LogP contribution in [0.2, 0.25) is 0 Å². The van der Waals surface area contributed by atoms with Crippen LogP contribution in [0.3, 0.4) is 0 Å². The Kier molecular flexibility index (Phi) is 4.45. The number of hydrogen-bond donors (Lipinski definition) is 1. The van der Waals surface area contributed by atoms with E-state index >= 15 is 0 Å². The highest BCUT2D eigenvalue weighted by atomic mass is 35.5. The Balaban J connectivity index is 3.46. The van der Waals surface area contributed by atoms with Crippen LogP contribution in [0.1, 0.15) is 0 Å². The maximum absolute atomic E-state index is 10.1. The van der Waals surface area contributed by atoms with Gasteiger partial charge in [-0.15, -0.1) is 12.6 Å². The number of carbonyl (C=O) groups excluding carboxylic acids is 1. The molecule has 0 aliphatic rings. The highest BCUT2D eigenvalue weighted by Gasteiger charge is 2.14. The Hall–Kier alpha value is 0.360. The first kappa shape index (κ1) is 8.36. The van der Waals surface area contributed by atoms with Crippen LogP contribution in [0.25, 0.3) is 0 Å². The van der Waals surface area contributed by atoms with Crippen molar-refractivity contribution < 1.29 is 13.4 Å². The van der Waals surface area contributed by atoms with Gasteiger partial charge in [0.15, 0.2) is 0 Å². The van der Waals surface area contributed by atoms with Gasteiger partial charge < -0.3 is 4.29 Å². The zero-order valence-corrected chi connectivity index (χ0v) is 5.91. The lowest BCUT2D eigenvalue weighted by molar-refractivity contribution is -0.137. The van der Waals surface area contributed by atoms with Crippen molar-refractivity contribution in [1.29, 1.82) is 0 Å². The minimum absolute atomic E-state index is 0.843. The summed E-state index contributed by atoms with van der Waals surface area (Å²) in [6.07, 6.45) is 0. The zero-order chi connectivity index (χ0) is 6.57. The highest BCUT2D eigenvalue weighted by molar-refractivity contribution is 7.81. The van der Waals surface area contributed by atoms with Crippen molar-refractivity contribution in [1.82, 2.24) is 0 Å². The SMILES string of the molecule is O=C(OCl)C(S)OCl. The molecule has 0 heterocycles. The normalized spacial score (nSPS) is 12.9. The van der Waals surface area contributed by atoms with Crippen LogP contribution in [-0.2, 0) is 13.4 Å². The summed E-state index contributed by atoms with van der Waals surface area (Å²) >= 11 is 12.8. The molecule has 0 aromatic heterocycles. The standard InChI is InChI=1S/C2H2Cl2O3S/c3-6-1(5)2(8)7-4/h2,8H. The van der Waals surface area contributed by atoms with Crippen molar-refractivity contribution in [2.75, 3.05) is 0 Å². The summed E-state index contributed by atoms with van der Waals surface area (Å²) in [7, 11) is 0. The third kappa shape index (κ3) is 2.61. The van der Waals surface area contributed by atoms with Crippen LogP contribution < -0.4 is 0 Å². The molecule has 0 aromatic rings. The van der Waals surface area contributed by atoms with Gasteiger partial charge in [-0.1, -0.05) is 0 Å². The summed E-state index contributed by atoms with van der Waals surface area (Å²) in [5, 5.41) is 0. The highest BCUT2D eigenvalue weighted by Crippen LogP contribution is 2.03. The Morgan fingerprint density at radius 1 is 1.62 bits per heavy atom. The molecule has 0 saturated heterocycles. The fraction of sp³-hybridized carbons (Fsp3) is 0.500. The van der Waals surface area contributed by atoms with Crippen LogP contribution >= 0.6 is 36.4 Å². The summed E-state index contributed by atoms with van der Waals surface area (Å²) in [4.78, 5) is 10.1. The molecule has 0 radical (unpaired) electrons. The van der Waals surface area contributed by atoms with Gasteiger partial charge in [-0.3, -0.25) is 4.29 Å². The van der Waals surface area contributed by atoms with Gasteiger partial charge in [-0.25, -0.2) is 4.79 Å².